The standard InChI is InChI=1S/C17H19N3O/c1-12-5-6-15(20-17(21)7-13-3-2-4-13)8-16(12)14-9-18-11-19-10-14/h5-6,8-11,13H,2-4,7H2,1H3,(H,20,21). The van der Waals surface area contributed by atoms with Crippen molar-refractivity contribution in [1.29, 1.82) is 0 Å². The van der Waals surface area contributed by atoms with Crippen LogP contribution in [0.3, 0.4) is 0 Å². The third kappa shape index (κ3) is 3.27. The quantitative estimate of drug-likeness (QED) is 0.932. The second kappa shape index (κ2) is 6.04. The van der Waals surface area contributed by atoms with Crippen LogP contribution in [-0.4, -0.2) is 15.9 Å². The van der Waals surface area contributed by atoms with Gasteiger partial charge in [-0.15, -0.1) is 0 Å². The fourth-order valence-electron chi connectivity index (χ4n) is 2.62. The summed E-state index contributed by atoms with van der Waals surface area (Å²) >= 11 is 0. The fraction of sp³-hybridized carbons (Fsp3) is 0.353. The van der Waals surface area contributed by atoms with Crippen molar-refractivity contribution in [3.63, 3.8) is 0 Å². The largest absolute Gasteiger partial charge is 0.326 e. The van der Waals surface area contributed by atoms with Crippen molar-refractivity contribution in [2.24, 2.45) is 5.92 Å². The van der Waals surface area contributed by atoms with Crippen molar-refractivity contribution >= 4 is 11.6 Å². The molecule has 1 heterocycles. The zero-order valence-corrected chi connectivity index (χ0v) is 12.2. The molecule has 1 fully saturated rings. The molecule has 0 bridgehead atoms. The number of rotatable bonds is 4. The van der Waals surface area contributed by atoms with Crippen LogP contribution in [0.25, 0.3) is 11.1 Å². The minimum Gasteiger partial charge on any atom is -0.326 e. The van der Waals surface area contributed by atoms with Gasteiger partial charge in [-0.3, -0.25) is 4.79 Å². The Kier molecular flexibility index (Phi) is 3.95. The number of amides is 1. The molecular formula is C17H19N3O. The van der Waals surface area contributed by atoms with E-state index in [0.717, 1.165) is 22.4 Å². The summed E-state index contributed by atoms with van der Waals surface area (Å²) in [4.78, 5) is 20.1. The van der Waals surface area contributed by atoms with Gasteiger partial charge in [-0.2, -0.15) is 0 Å². The van der Waals surface area contributed by atoms with Crippen molar-refractivity contribution in [3.8, 4) is 11.1 Å². The number of nitrogens with zero attached hydrogens (tertiary/aromatic N) is 2. The Labute approximate surface area is 124 Å². The Balaban J connectivity index is 1.76. The maximum absolute atomic E-state index is 12.0. The van der Waals surface area contributed by atoms with Gasteiger partial charge >= 0.3 is 0 Å². The molecule has 4 heteroatoms. The molecule has 108 valence electrons. The van der Waals surface area contributed by atoms with Gasteiger partial charge in [-0.25, -0.2) is 9.97 Å². The SMILES string of the molecule is Cc1ccc(NC(=O)CC2CCC2)cc1-c1cncnc1. The molecular weight excluding hydrogens is 262 g/mol. The number of hydrogen-bond donors (Lipinski definition) is 1. The number of anilines is 1. The molecule has 0 aliphatic heterocycles. The van der Waals surface area contributed by atoms with Crippen LogP contribution < -0.4 is 5.32 Å². The first-order valence-corrected chi connectivity index (χ1v) is 7.38. The lowest BCUT2D eigenvalue weighted by molar-refractivity contribution is -0.117. The van der Waals surface area contributed by atoms with Gasteiger partial charge in [0.1, 0.15) is 6.33 Å². The van der Waals surface area contributed by atoms with Gasteiger partial charge in [0.25, 0.3) is 0 Å². The molecule has 1 aliphatic rings. The summed E-state index contributed by atoms with van der Waals surface area (Å²) in [5.41, 5.74) is 3.99. The van der Waals surface area contributed by atoms with Crippen LogP contribution in [0.2, 0.25) is 0 Å². The van der Waals surface area contributed by atoms with Gasteiger partial charge in [0, 0.05) is 30.1 Å². The molecule has 0 saturated heterocycles. The predicted octanol–water partition coefficient (Wildman–Crippen LogP) is 3.58. The second-order valence-corrected chi connectivity index (χ2v) is 5.71. The third-order valence-electron chi connectivity index (χ3n) is 4.09. The normalized spacial score (nSPS) is 14.5. The molecule has 21 heavy (non-hydrogen) atoms. The van der Waals surface area contributed by atoms with Crippen molar-refractivity contribution in [2.75, 3.05) is 5.32 Å². The highest BCUT2D eigenvalue weighted by atomic mass is 16.1. The average molecular weight is 281 g/mol. The number of carbonyl (C=O) groups excluding carboxylic acids is 1. The van der Waals surface area contributed by atoms with Gasteiger partial charge in [-0.1, -0.05) is 12.5 Å². The van der Waals surface area contributed by atoms with E-state index < -0.39 is 0 Å². The zero-order chi connectivity index (χ0) is 14.7. The van der Waals surface area contributed by atoms with E-state index in [4.69, 9.17) is 0 Å². The topological polar surface area (TPSA) is 54.9 Å². The molecule has 1 aromatic heterocycles. The van der Waals surface area contributed by atoms with E-state index in [9.17, 15) is 4.79 Å². The molecule has 1 aliphatic carbocycles. The van der Waals surface area contributed by atoms with Crippen molar-refractivity contribution in [2.45, 2.75) is 32.6 Å². The first-order chi connectivity index (χ1) is 10.2. The maximum Gasteiger partial charge on any atom is 0.224 e. The molecule has 1 aromatic carbocycles. The van der Waals surface area contributed by atoms with E-state index >= 15 is 0 Å². The molecule has 0 radical (unpaired) electrons. The third-order valence-corrected chi connectivity index (χ3v) is 4.09. The van der Waals surface area contributed by atoms with Crippen molar-refractivity contribution in [1.82, 2.24) is 9.97 Å². The molecule has 0 unspecified atom stereocenters. The number of nitrogens with one attached hydrogen (secondary N) is 1. The molecule has 0 atom stereocenters. The summed E-state index contributed by atoms with van der Waals surface area (Å²) in [5, 5.41) is 3.00. The predicted molar refractivity (Wildman–Crippen MR) is 82.8 cm³/mol. The first-order valence-electron chi connectivity index (χ1n) is 7.38. The van der Waals surface area contributed by atoms with Gasteiger partial charge in [0.15, 0.2) is 0 Å². The highest BCUT2D eigenvalue weighted by molar-refractivity contribution is 5.91. The molecule has 1 amide bonds. The van der Waals surface area contributed by atoms with Crippen LogP contribution in [0.15, 0.2) is 36.9 Å². The van der Waals surface area contributed by atoms with Gasteiger partial charge in [0.05, 0.1) is 0 Å². The van der Waals surface area contributed by atoms with Gasteiger partial charge < -0.3 is 5.32 Å². The highest BCUT2D eigenvalue weighted by Crippen LogP contribution is 2.30. The lowest BCUT2D eigenvalue weighted by atomic mass is 9.83. The molecule has 1 saturated carbocycles. The lowest BCUT2D eigenvalue weighted by Crippen LogP contribution is -2.20. The summed E-state index contributed by atoms with van der Waals surface area (Å²) in [6.07, 6.45) is 9.37. The van der Waals surface area contributed by atoms with Crippen LogP contribution in [-0.2, 0) is 4.79 Å². The van der Waals surface area contributed by atoms with Crippen LogP contribution in [0, 0.1) is 12.8 Å². The minimum atomic E-state index is 0.110. The summed E-state index contributed by atoms with van der Waals surface area (Å²) in [6, 6.07) is 5.95. The van der Waals surface area contributed by atoms with Crippen LogP contribution in [0.5, 0.6) is 0 Å². The summed E-state index contributed by atoms with van der Waals surface area (Å²) in [6.45, 7) is 2.04. The molecule has 0 spiro atoms. The summed E-state index contributed by atoms with van der Waals surface area (Å²) < 4.78 is 0. The highest BCUT2D eigenvalue weighted by Gasteiger charge is 2.20. The summed E-state index contributed by atoms with van der Waals surface area (Å²) in [5.74, 6) is 0.691. The molecule has 4 nitrogen and oxygen atoms in total. The fourth-order valence-corrected chi connectivity index (χ4v) is 2.62. The van der Waals surface area contributed by atoms with Crippen LogP contribution >= 0.6 is 0 Å². The van der Waals surface area contributed by atoms with E-state index in [2.05, 4.69) is 15.3 Å². The van der Waals surface area contributed by atoms with Crippen LogP contribution in [0.1, 0.15) is 31.2 Å². The number of aryl methyl sites for hydroxylation is 1. The Morgan fingerprint density at radius 1 is 1.29 bits per heavy atom. The van der Waals surface area contributed by atoms with Gasteiger partial charge in [0.2, 0.25) is 5.91 Å². The van der Waals surface area contributed by atoms with E-state index in [0.29, 0.717) is 12.3 Å². The number of benzene rings is 1. The monoisotopic (exact) mass is 281 g/mol. The second-order valence-electron chi connectivity index (χ2n) is 5.71. The lowest BCUT2D eigenvalue weighted by Gasteiger charge is -2.24. The Morgan fingerprint density at radius 3 is 2.71 bits per heavy atom. The molecule has 1 N–H and O–H groups in total. The number of aromatic nitrogens is 2. The Morgan fingerprint density at radius 2 is 2.05 bits per heavy atom. The minimum absolute atomic E-state index is 0.110. The molecule has 2 aromatic rings. The van der Waals surface area contributed by atoms with Crippen LogP contribution in [0.4, 0.5) is 5.69 Å². The Hall–Kier alpha value is -2.23. The van der Waals surface area contributed by atoms with Crippen molar-refractivity contribution in [3.05, 3.63) is 42.5 Å². The first kappa shape index (κ1) is 13.7. The van der Waals surface area contributed by atoms with E-state index in [-0.39, 0.29) is 5.91 Å². The molecule has 3 rings (SSSR count). The zero-order valence-electron chi connectivity index (χ0n) is 12.2. The summed E-state index contributed by atoms with van der Waals surface area (Å²) in [7, 11) is 0. The van der Waals surface area contributed by atoms with E-state index in [1.807, 2.05) is 25.1 Å². The number of hydrogen-bond acceptors (Lipinski definition) is 3. The van der Waals surface area contributed by atoms with Crippen molar-refractivity contribution < 1.29 is 4.79 Å². The smallest absolute Gasteiger partial charge is 0.224 e. The number of carbonyl (C=O) groups is 1. The van der Waals surface area contributed by atoms with E-state index in [1.165, 1.54) is 25.6 Å². The maximum atomic E-state index is 12.0. The van der Waals surface area contributed by atoms with Gasteiger partial charge in [-0.05, 0) is 48.9 Å². The average Bonchev–Trinajstić information content (AvgIpc) is 2.46. The van der Waals surface area contributed by atoms with E-state index in [1.54, 1.807) is 12.4 Å². The Bertz CT molecular complexity index is 636.